The highest BCUT2D eigenvalue weighted by molar-refractivity contribution is 5.19. The molecular weight excluding hydrogens is 140 g/mol. The molecule has 1 heterocycles. The fraction of sp³-hybridized carbons (Fsp3) is 0.250. The van der Waals surface area contributed by atoms with E-state index in [0.29, 0.717) is 12.3 Å². The number of hydrogen-bond donors (Lipinski definition) is 0. The van der Waals surface area contributed by atoms with E-state index in [-0.39, 0.29) is 0 Å². The summed E-state index contributed by atoms with van der Waals surface area (Å²) in [6, 6.07) is 5.61. The van der Waals surface area contributed by atoms with E-state index in [1.165, 1.54) is 0 Å². The summed E-state index contributed by atoms with van der Waals surface area (Å²) in [5.74, 6) is 0.576. The molecule has 0 radical (unpaired) electrons. The molecule has 3 nitrogen and oxygen atoms in total. The number of aromatic nitrogens is 1. The van der Waals surface area contributed by atoms with E-state index >= 15 is 0 Å². The topological polar surface area (TPSA) is 45.9 Å². The summed E-state index contributed by atoms with van der Waals surface area (Å²) in [4.78, 5) is 3.94. The summed E-state index contributed by atoms with van der Waals surface area (Å²) in [6.07, 6.45) is 2.04. The molecule has 0 amide bonds. The molecule has 1 aromatic heterocycles. The first-order chi connectivity index (χ1) is 5.36. The number of ether oxygens (including phenoxy) is 1. The van der Waals surface area contributed by atoms with E-state index in [1.54, 1.807) is 19.4 Å². The zero-order valence-corrected chi connectivity index (χ0v) is 6.24. The molecule has 0 aliphatic carbocycles. The van der Waals surface area contributed by atoms with Gasteiger partial charge in [-0.05, 0) is 5.56 Å². The normalized spacial score (nSPS) is 8.73. The number of nitrogens with zero attached hydrogens (tertiary/aromatic N) is 2. The van der Waals surface area contributed by atoms with Crippen LogP contribution in [0.1, 0.15) is 5.56 Å². The highest BCUT2D eigenvalue weighted by atomic mass is 16.5. The van der Waals surface area contributed by atoms with Crippen molar-refractivity contribution in [3.63, 3.8) is 0 Å². The Morgan fingerprint density at radius 1 is 1.64 bits per heavy atom. The average molecular weight is 148 g/mol. The zero-order chi connectivity index (χ0) is 8.10. The number of pyridine rings is 1. The summed E-state index contributed by atoms with van der Waals surface area (Å²) in [7, 11) is 1.56. The molecule has 0 saturated heterocycles. The van der Waals surface area contributed by atoms with Gasteiger partial charge in [-0.1, -0.05) is 6.07 Å². The number of rotatable bonds is 2. The predicted molar refractivity (Wildman–Crippen MR) is 40.1 cm³/mol. The van der Waals surface area contributed by atoms with Gasteiger partial charge in [-0.25, -0.2) is 4.98 Å². The van der Waals surface area contributed by atoms with E-state index in [9.17, 15) is 0 Å². The summed E-state index contributed by atoms with van der Waals surface area (Å²) in [6.45, 7) is 0. The van der Waals surface area contributed by atoms with Crippen molar-refractivity contribution in [2.75, 3.05) is 7.11 Å². The van der Waals surface area contributed by atoms with Crippen LogP contribution in [0.5, 0.6) is 5.88 Å². The monoisotopic (exact) mass is 148 g/mol. The molecular formula is C8H8N2O. The van der Waals surface area contributed by atoms with Gasteiger partial charge in [0.25, 0.3) is 0 Å². The van der Waals surface area contributed by atoms with E-state index in [1.807, 2.05) is 12.1 Å². The fourth-order valence-corrected chi connectivity index (χ4v) is 0.728. The summed E-state index contributed by atoms with van der Waals surface area (Å²) in [5.41, 5.74) is 0.910. The SMILES string of the molecule is COc1ccc(CC#N)cn1. The van der Waals surface area contributed by atoms with Crippen LogP contribution >= 0.6 is 0 Å². The Balaban J connectivity index is 2.76. The second-order valence-electron chi connectivity index (χ2n) is 2.04. The Labute approximate surface area is 65.3 Å². The van der Waals surface area contributed by atoms with Crippen LogP contribution < -0.4 is 4.74 Å². The maximum absolute atomic E-state index is 8.34. The van der Waals surface area contributed by atoms with Crippen molar-refractivity contribution in [2.45, 2.75) is 6.42 Å². The molecule has 0 fully saturated rings. The molecule has 0 aliphatic rings. The van der Waals surface area contributed by atoms with E-state index in [4.69, 9.17) is 10.00 Å². The van der Waals surface area contributed by atoms with Gasteiger partial charge in [0.1, 0.15) is 0 Å². The minimum atomic E-state index is 0.400. The molecule has 3 heteroatoms. The van der Waals surface area contributed by atoms with Crippen LogP contribution in [0.25, 0.3) is 0 Å². The van der Waals surface area contributed by atoms with E-state index in [0.717, 1.165) is 5.56 Å². The van der Waals surface area contributed by atoms with Crippen molar-refractivity contribution in [2.24, 2.45) is 0 Å². The third-order valence-electron chi connectivity index (χ3n) is 1.29. The lowest BCUT2D eigenvalue weighted by molar-refractivity contribution is 0.397. The van der Waals surface area contributed by atoms with Gasteiger partial charge in [-0.3, -0.25) is 0 Å². The standard InChI is InChI=1S/C8H8N2O/c1-11-8-3-2-7(4-5-9)6-10-8/h2-3,6H,4H2,1H3. The Bertz CT molecular complexity index is 260. The molecule has 0 saturated carbocycles. The molecule has 0 N–H and O–H groups in total. The summed E-state index contributed by atoms with van der Waals surface area (Å²) < 4.78 is 4.85. The first-order valence-electron chi connectivity index (χ1n) is 3.22. The van der Waals surface area contributed by atoms with Gasteiger partial charge in [0.15, 0.2) is 0 Å². The molecule has 1 rings (SSSR count). The van der Waals surface area contributed by atoms with Gasteiger partial charge in [0.2, 0.25) is 5.88 Å². The third-order valence-corrected chi connectivity index (χ3v) is 1.29. The van der Waals surface area contributed by atoms with Gasteiger partial charge in [0.05, 0.1) is 19.6 Å². The number of hydrogen-bond acceptors (Lipinski definition) is 3. The third kappa shape index (κ3) is 1.94. The van der Waals surface area contributed by atoms with Gasteiger partial charge >= 0.3 is 0 Å². The summed E-state index contributed by atoms with van der Waals surface area (Å²) in [5, 5.41) is 8.34. The second kappa shape index (κ2) is 3.57. The zero-order valence-electron chi connectivity index (χ0n) is 6.24. The highest BCUT2D eigenvalue weighted by Gasteiger charge is 1.92. The Morgan fingerprint density at radius 2 is 2.45 bits per heavy atom. The number of nitriles is 1. The van der Waals surface area contributed by atoms with Crippen LogP contribution in [0.2, 0.25) is 0 Å². The quantitative estimate of drug-likeness (QED) is 0.632. The first kappa shape index (κ1) is 7.55. The molecule has 0 spiro atoms. The van der Waals surface area contributed by atoms with Gasteiger partial charge in [-0.15, -0.1) is 0 Å². The van der Waals surface area contributed by atoms with Gasteiger partial charge in [-0.2, -0.15) is 5.26 Å². The van der Waals surface area contributed by atoms with E-state index < -0.39 is 0 Å². The van der Waals surface area contributed by atoms with Crippen molar-refractivity contribution < 1.29 is 4.74 Å². The Morgan fingerprint density at radius 3 is 2.91 bits per heavy atom. The minimum absolute atomic E-state index is 0.400. The average Bonchev–Trinajstić information content (AvgIpc) is 2.07. The maximum Gasteiger partial charge on any atom is 0.212 e. The smallest absolute Gasteiger partial charge is 0.212 e. The van der Waals surface area contributed by atoms with Gasteiger partial charge in [0, 0.05) is 12.3 Å². The van der Waals surface area contributed by atoms with Crippen LogP contribution in [0.15, 0.2) is 18.3 Å². The highest BCUT2D eigenvalue weighted by Crippen LogP contribution is 2.06. The Hall–Kier alpha value is -1.56. The fourth-order valence-electron chi connectivity index (χ4n) is 0.728. The second-order valence-corrected chi connectivity index (χ2v) is 2.04. The molecule has 0 atom stereocenters. The molecule has 0 aromatic carbocycles. The van der Waals surface area contributed by atoms with Crippen LogP contribution in [0.3, 0.4) is 0 Å². The van der Waals surface area contributed by atoms with Crippen molar-refractivity contribution in [1.29, 1.82) is 5.26 Å². The molecule has 1 aromatic rings. The van der Waals surface area contributed by atoms with E-state index in [2.05, 4.69) is 4.98 Å². The van der Waals surface area contributed by atoms with Crippen molar-refractivity contribution in [3.05, 3.63) is 23.9 Å². The molecule has 11 heavy (non-hydrogen) atoms. The molecule has 56 valence electrons. The largest absolute Gasteiger partial charge is 0.481 e. The molecule has 0 bridgehead atoms. The van der Waals surface area contributed by atoms with Crippen molar-refractivity contribution in [1.82, 2.24) is 4.98 Å². The Kier molecular flexibility index (Phi) is 2.45. The maximum atomic E-state index is 8.34. The lowest BCUT2D eigenvalue weighted by atomic mass is 10.2. The number of methoxy groups -OCH3 is 1. The van der Waals surface area contributed by atoms with Crippen LogP contribution in [0.4, 0.5) is 0 Å². The van der Waals surface area contributed by atoms with Crippen molar-refractivity contribution >= 4 is 0 Å². The summed E-state index contributed by atoms with van der Waals surface area (Å²) >= 11 is 0. The van der Waals surface area contributed by atoms with Crippen LogP contribution in [0, 0.1) is 11.3 Å². The first-order valence-corrected chi connectivity index (χ1v) is 3.22. The van der Waals surface area contributed by atoms with Crippen molar-refractivity contribution in [3.8, 4) is 11.9 Å². The lowest BCUT2D eigenvalue weighted by Gasteiger charge is -1.97. The molecule has 0 unspecified atom stereocenters. The molecule has 0 aliphatic heterocycles. The van der Waals surface area contributed by atoms with Gasteiger partial charge < -0.3 is 4.74 Å². The lowest BCUT2D eigenvalue weighted by Crippen LogP contribution is -1.88. The minimum Gasteiger partial charge on any atom is -0.481 e. The predicted octanol–water partition coefficient (Wildman–Crippen LogP) is 1.16. The van der Waals surface area contributed by atoms with Crippen LogP contribution in [-0.2, 0) is 6.42 Å². The van der Waals surface area contributed by atoms with Crippen LogP contribution in [-0.4, -0.2) is 12.1 Å².